The maximum atomic E-state index is 6.36. The van der Waals surface area contributed by atoms with Gasteiger partial charge in [0.05, 0.1) is 0 Å². The minimum Gasteiger partial charge on any atom is -0.326 e. The van der Waals surface area contributed by atoms with Crippen molar-refractivity contribution in [2.75, 3.05) is 7.05 Å². The lowest BCUT2D eigenvalue weighted by molar-refractivity contribution is 0.107. The van der Waals surface area contributed by atoms with Crippen LogP contribution in [0, 0.1) is 12.8 Å². The Morgan fingerprint density at radius 1 is 1.19 bits per heavy atom. The van der Waals surface area contributed by atoms with Gasteiger partial charge in [0.2, 0.25) is 0 Å². The molecule has 2 unspecified atom stereocenters. The highest BCUT2D eigenvalue weighted by Crippen LogP contribution is 2.34. The van der Waals surface area contributed by atoms with E-state index in [2.05, 4.69) is 57.0 Å². The molecule has 1 aliphatic carbocycles. The van der Waals surface area contributed by atoms with E-state index in [0.717, 1.165) is 5.92 Å². The molecule has 2 atom stereocenters. The SMILES string of the molecule is CCC1CCC(N(C)C(c2ccccc2C)C(C)N)CC1. The van der Waals surface area contributed by atoms with E-state index in [1.54, 1.807) is 0 Å². The number of hydrogen-bond donors (Lipinski definition) is 1. The molecule has 0 spiro atoms. The Bertz CT molecular complexity index is 433. The zero-order chi connectivity index (χ0) is 15.4. The lowest BCUT2D eigenvalue weighted by Gasteiger charge is -2.41. The highest BCUT2D eigenvalue weighted by atomic mass is 15.2. The van der Waals surface area contributed by atoms with Crippen molar-refractivity contribution in [2.45, 2.75) is 71.0 Å². The van der Waals surface area contributed by atoms with Gasteiger partial charge in [-0.3, -0.25) is 4.90 Å². The lowest BCUT2D eigenvalue weighted by Crippen LogP contribution is -2.44. The van der Waals surface area contributed by atoms with Crippen molar-refractivity contribution in [1.82, 2.24) is 4.90 Å². The average molecular weight is 288 g/mol. The molecule has 1 saturated carbocycles. The molecule has 2 rings (SSSR count). The van der Waals surface area contributed by atoms with Crippen LogP contribution in [0.3, 0.4) is 0 Å². The van der Waals surface area contributed by atoms with Gasteiger partial charge in [-0.2, -0.15) is 0 Å². The average Bonchev–Trinajstić information content (AvgIpc) is 2.49. The number of rotatable bonds is 5. The van der Waals surface area contributed by atoms with Crippen LogP contribution in [0.2, 0.25) is 0 Å². The second-order valence-electron chi connectivity index (χ2n) is 6.91. The summed E-state index contributed by atoms with van der Waals surface area (Å²) in [6, 6.07) is 9.87. The third kappa shape index (κ3) is 3.87. The first-order chi connectivity index (χ1) is 10.0. The van der Waals surface area contributed by atoms with E-state index in [0.29, 0.717) is 12.1 Å². The quantitative estimate of drug-likeness (QED) is 0.876. The lowest BCUT2D eigenvalue weighted by atomic mass is 9.82. The standard InChI is InChI=1S/C19H32N2/c1-5-16-10-12-17(13-11-16)21(4)19(15(3)20)18-9-7-6-8-14(18)2/h6-9,15-17,19H,5,10-13,20H2,1-4H3. The van der Waals surface area contributed by atoms with E-state index in [9.17, 15) is 0 Å². The summed E-state index contributed by atoms with van der Waals surface area (Å²) < 4.78 is 0. The van der Waals surface area contributed by atoms with Gasteiger partial charge < -0.3 is 5.73 Å². The summed E-state index contributed by atoms with van der Waals surface area (Å²) in [4.78, 5) is 2.55. The molecule has 0 bridgehead atoms. The molecule has 0 aliphatic heterocycles. The molecule has 118 valence electrons. The molecule has 21 heavy (non-hydrogen) atoms. The Hall–Kier alpha value is -0.860. The van der Waals surface area contributed by atoms with Gasteiger partial charge in [-0.15, -0.1) is 0 Å². The predicted molar refractivity (Wildman–Crippen MR) is 91.4 cm³/mol. The molecule has 2 N–H and O–H groups in total. The summed E-state index contributed by atoms with van der Waals surface area (Å²) in [6.07, 6.45) is 6.75. The smallest absolute Gasteiger partial charge is 0.0498 e. The molecule has 1 fully saturated rings. The first kappa shape index (κ1) is 16.5. The van der Waals surface area contributed by atoms with Crippen LogP contribution < -0.4 is 5.73 Å². The highest BCUT2D eigenvalue weighted by molar-refractivity contribution is 5.30. The third-order valence-corrected chi connectivity index (χ3v) is 5.41. The Labute approximate surface area is 130 Å². The van der Waals surface area contributed by atoms with Crippen LogP contribution in [0.4, 0.5) is 0 Å². The zero-order valence-electron chi connectivity index (χ0n) is 14.2. The maximum absolute atomic E-state index is 6.36. The largest absolute Gasteiger partial charge is 0.326 e. The summed E-state index contributed by atoms with van der Waals surface area (Å²) in [5, 5.41) is 0. The van der Waals surface area contributed by atoms with Gasteiger partial charge >= 0.3 is 0 Å². The van der Waals surface area contributed by atoms with E-state index in [4.69, 9.17) is 5.73 Å². The molecule has 1 aromatic rings. The molecule has 2 heteroatoms. The van der Waals surface area contributed by atoms with E-state index in [-0.39, 0.29) is 6.04 Å². The van der Waals surface area contributed by atoms with Gasteiger partial charge in [-0.25, -0.2) is 0 Å². The third-order valence-electron chi connectivity index (χ3n) is 5.41. The van der Waals surface area contributed by atoms with Gasteiger partial charge in [0, 0.05) is 18.1 Å². The Balaban J connectivity index is 2.14. The Morgan fingerprint density at radius 2 is 1.81 bits per heavy atom. The Morgan fingerprint density at radius 3 is 2.33 bits per heavy atom. The van der Waals surface area contributed by atoms with E-state index < -0.39 is 0 Å². The first-order valence-corrected chi connectivity index (χ1v) is 8.57. The van der Waals surface area contributed by atoms with Crippen molar-refractivity contribution < 1.29 is 0 Å². The van der Waals surface area contributed by atoms with Gasteiger partial charge in [0.1, 0.15) is 0 Å². The predicted octanol–water partition coefficient (Wildman–Crippen LogP) is 4.28. The van der Waals surface area contributed by atoms with Gasteiger partial charge in [0.15, 0.2) is 0 Å². The van der Waals surface area contributed by atoms with Crippen LogP contribution in [-0.4, -0.2) is 24.0 Å². The number of benzene rings is 1. The first-order valence-electron chi connectivity index (χ1n) is 8.57. The molecule has 0 aromatic heterocycles. The monoisotopic (exact) mass is 288 g/mol. The topological polar surface area (TPSA) is 29.3 Å². The maximum Gasteiger partial charge on any atom is 0.0498 e. The van der Waals surface area contributed by atoms with Crippen LogP contribution in [0.15, 0.2) is 24.3 Å². The van der Waals surface area contributed by atoms with Crippen molar-refractivity contribution >= 4 is 0 Å². The fraction of sp³-hybridized carbons (Fsp3) is 0.684. The van der Waals surface area contributed by atoms with Crippen molar-refractivity contribution in [3.05, 3.63) is 35.4 Å². The van der Waals surface area contributed by atoms with Crippen molar-refractivity contribution in [2.24, 2.45) is 11.7 Å². The molecular formula is C19H32N2. The van der Waals surface area contributed by atoms with Crippen molar-refractivity contribution in [3.8, 4) is 0 Å². The number of hydrogen-bond acceptors (Lipinski definition) is 2. The van der Waals surface area contributed by atoms with E-state index in [1.807, 2.05) is 0 Å². The number of aryl methyl sites for hydroxylation is 1. The molecule has 1 aliphatic rings. The van der Waals surface area contributed by atoms with Gasteiger partial charge in [0.25, 0.3) is 0 Å². The number of likely N-dealkylation sites (N-methyl/N-ethyl adjacent to an activating group) is 1. The summed E-state index contributed by atoms with van der Waals surface area (Å²) in [5.41, 5.74) is 9.11. The minimum atomic E-state index is 0.153. The number of nitrogens with zero attached hydrogens (tertiary/aromatic N) is 1. The Kier molecular flexibility index (Phi) is 5.83. The summed E-state index contributed by atoms with van der Waals surface area (Å²) in [5.74, 6) is 0.946. The van der Waals surface area contributed by atoms with Crippen LogP contribution in [0.25, 0.3) is 0 Å². The number of nitrogens with two attached hydrogens (primary N) is 1. The van der Waals surface area contributed by atoms with Crippen molar-refractivity contribution in [1.29, 1.82) is 0 Å². The van der Waals surface area contributed by atoms with Gasteiger partial charge in [-0.1, -0.05) is 37.6 Å². The van der Waals surface area contributed by atoms with Crippen LogP contribution >= 0.6 is 0 Å². The highest BCUT2D eigenvalue weighted by Gasteiger charge is 2.30. The van der Waals surface area contributed by atoms with Gasteiger partial charge in [-0.05, 0) is 63.6 Å². The second-order valence-corrected chi connectivity index (χ2v) is 6.91. The van der Waals surface area contributed by atoms with Crippen LogP contribution in [0.5, 0.6) is 0 Å². The van der Waals surface area contributed by atoms with E-state index in [1.165, 1.54) is 43.2 Å². The molecular weight excluding hydrogens is 256 g/mol. The molecule has 1 aromatic carbocycles. The minimum absolute atomic E-state index is 0.153. The fourth-order valence-corrected chi connectivity index (χ4v) is 3.98. The summed E-state index contributed by atoms with van der Waals surface area (Å²) in [6.45, 7) is 6.67. The zero-order valence-corrected chi connectivity index (χ0v) is 14.2. The van der Waals surface area contributed by atoms with Crippen LogP contribution in [0.1, 0.15) is 63.1 Å². The fourth-order valence-electron chi connectivity index (χ4n) is 3.98. The van der Waals surface area contributed by atoms with E-state index >= 15 is 0 Å². The van der Waals surface area contributed by atoms with Crippen LogP contribution in [-0.2, 0) is 0 Å². The second kappa shape index (κ2) is 7.42. The molecule has 0 heterocycles. The molecule has 0 saturated heterocycles. The van der Waals surface area contributed by atoms with Crippen molar-refractivity contribution in [3.63, 3.8) is 0 Å². The summed E-state index contributed by atoms with van der Waals surface area (Å²) >= 11 is 0. The summed E-state index contributed by atoms with van der Waals surface area (Å²) in [7, 11) is 2.28. The normalized spacial score (nSPS) is 25.8. The molecule has 0 amide bonds. The molecule has 0 radical (unpaired) electrons. The molecule has 2 nitrogen and oxygen atoms in total.